The van der Waals surface area contributed by atoms with Crippen LogP contribution in [0.4, 0.5) is 11.4 Å². The van der Waals surface area contributed by atoms with Gasteiger partial charge in [0.1, 0.15) is 0 Å². The number of aryl methyl sites for hydroxylation is 1. The van der Waals surface area contributed by atoms with E-state index in [1.54, 1.807) is 6.92 Å². The van der Waals surface area contributed by atoms with Crippen molar-refractivity contribution in [2.24, 2.45) is 0 Å². The van der Waals surface area contributed by atoms with Crippen molar-refractivity contribution < 1.29 is 9.72 Å². The minimum atomic E-state index is -2.11. The van der Waals surface area contributed by atoms with Crippen molar-refractivity contribution in [3.05, 3.63) is 33.9 Å². The summed E-state index contributed by atoms with van der Waals surface area (Å²) in [7, 11) is 0. The predicted molar refractivity (Wildman–Crippen MR) is 66.8 cm³/mol. The summed E-state index contributed by atoms with van der Waals surface area (Å²) in [5.41, 5.74) is 0.698. The number of nitrogens with one attached hydrogen (secondary N) is 1. The van der Waals surface area contributed by atoms with E-state index in [1.165, 1.54) is 18.2 Å². The number of rotatable bonds is 2. The fourth-order valence-corrected chi connectivity index (χ4v) is 1.19. The smallest absolute Gasteiger partial charge is 0.276 e. The summed E-state index contributed by atoms with van der Waals surface area (Å²) in [5.74, 6) is -0.869. The van der Waals surface area contributed by atoms with E-state index in [9.17, 15) is 14.9 Å². The molecular formula is C9H7Cl3N2O3. The molecule has 0 radical (unpaired) electrons. The number of nitro groups is 1. The highest BCUT2D eigenvalue weighted by Crippen LogP contribution is 2.29. The lowest BCUT2D eigenvalue weighted by Gasteiger charge is -2.12. The lowest BCUT2D eigenvalue weighted by molar-refractivity contribution is -0.384. The van der Waals surface area contributed by atoms with Gasteiger partial charge in [0.05, 0.1) is 10.6 Å². The van der Waals surface area contributed by atoms with Gasteiger partial charge in [-0.05, 0) is 12.5 Å². The number of alkyl halides is 3. The molecule has 0 atom stereocenters. The third-order valence-electron chi connectivity index (χ3n) is 1.94. The number of halogens is 3. The van der Waals surface area contributed by atoms with Crippen LogP contribution in [-0.2, 0) is 4.79 Å². The van der Waals surface area contributed by atoms with Crippen molar-refractivity contribution in [1.29, 1.82) is 0 Å². The molecule has 92 valence electrons. The van der Waals surface area contributed by atoms with Crippen molar-refractivity contribution in [3.63, 3.8) is 0 Å². The highest BCUT2D eigenvalue weighted by molar-refractivity contribution is 6.76. The van der Waals surface area contributed by atoms with Crippen LogP contribution in [0.2, 0.25) is 0 Å². The molecule has 1 N–H and O–H groups in total. The zero-order valence-electron chi connectivity index (χ0n) is 8.54. The first-order valence-corrected chi connectivity index (χ1v) is 5.48. The number of hydrogen-bond acceptors (Lipinski definition) is 3. The Morgan fingerprint density at radius 1 is 1.41 bits per heavy atom. The van der Waals surface area contributed by atoms with Gasteiger partial charge in [-0.15, -0.1) is 0 Å². The minimum absolute atomic E-state index is 0.157. The Morgan fingerprint density at radius 3 is 2.47 bits per heavy atom. The second-order valence-electron chi connectivity index (χ2n) is 3.21. The van der Waals surface area contributed by atoms with Gasteiger partial charge >= 0.3 is 0 Å². The van der Waals surface area contributed by atoms with Crippen molar-refractivity contribution in [2.75, 3.05) is 5.32 Å². The molecule has 1 aromatic rings. The van der Waals surface area contributed by atoms with Gasteiger partial charge in [0.2, 0.25) is 0 Å². The maximum Gasteiger partial charge on any atom is 0.276 e. The van der Waals surface area contributed by atoms with Gasteiger partial charge in [0, 0.05) is 12.1 Å². The highest BCUT2D eigenvalue weighted by atomic mass is 35.6. The average molecular weight is 298 g/mol. The summed E-state index contributed by atoms with van der Waals surface area (Å²) >= 11 is 16.1. The molecule has 0 spiro atoms. The molecule has 0 saturated heterocycles. The Hall–Kier alpha value is -1.04. The van der Waals surface area contributed by atoms with Crippen molar-refractivity contribution in [2.45, 2.75) is 10.7 Å². The molecule has 0 aliphatic rings. The van der Waals surface area contributed by atoms with Gasteiger partial charge < -0.3 is 5.32 Å². The van der Waals surface area contributed by atoms with Gasteiger partial charge in [-0.1, -0.05) is 40.9 Å². The lowest BCUT2D eigenvalue weighted by Crippen LogP contribution is -2.27. The van der Waals surface area contributed by atoms with Crippen LogP contribution in [0, 0.1) is 17.0 Å². The van der Waals surface area contributed by atoms with E-state index in [-0.39, 0.29) is 11.4 Å². The van der Waals surface area contributed by atoms with Crippen LogP contribution in [0.1, 0.15) is 5.56 Å². The van der Waals surface area contributed by atoms with E-state index in [4.69, 9.17) is 34.8 Å². The van der Waals surface area contributed by atoms with Crippen LogP contribution in [0.25, 0.3) is 0 Å². The molecule has 0 aliphatic heterocycles. The minimum Gasteiger partial charge on any atom is -0.322 e. The molecule has 17 heavy (non-hydrogen) atoms. The number of nitro benzene ring substituents is 1. The Kier molecular flexibility index (Phi) is 4.19. The zero-order chi connectivity index (χ0) is 13.2. The van der Waals surface area contributed by atoms with E-state index in [0.29, 0.717) is 5.56 Å². The van der Waals surface area contributed by atoms with E-state index >= 15 is 0 Å². The van der Waals surface area contributed by atoms with Crippen molar-refractivity contribution in [3.8, 4) is 0 Å². The maximum absolute atomic E-state index is 11.4. The summed E-state index contributed by atoms with van der Waals surface area (Å²) in [6.07, 6.45) is 0. The second-order valence-corrected chi connectivity index (χ2v) is 5.49. The van der Waals surface area contributed by atoms with Gasteiger partial charge in [0.15, 0.2) is 0 Å². The number of anilines is 1. The molecule has 1 aromatic carbocycles. The average Bonchev–Trinajstić information content (AvgIpc) is 2.19. The number of amides is 1. The first-order valence-electron chi connectivity index (χ1n) is 4.35. The molecule has 0 aromatic heterocycles. The molecule has 8 heteroatoms. The molecule has 5 nitrogen and oxygen atoms in total. The molecule has 0 unspecified atom stereocenters. The molecule has 0 saturated carbocycles. The molecule has 0 fully saturated rings. The lowest BCUT2D eigenvalue weighted by atomic mass is 10.2. The number of hydrogen-bond donors (Lipinski definition) is 1. The van der Waals surface area contributed by atoms with E-state index in [2.05, 4.69) is 5.32 Å². The second kappa shape index (κ2) is 5.08. The fraction of sp³-hybridized carbons (Fsp3) is 0.222. The van der Waals surface area contributed by atoms with Crippen LogP contribution < -0.4 is 5.32 Å². The van der Waals surface area contributed by atoms with Gasteiger partial charge in [-0.25, -0.2) is 0 Å². The molecule has 1 rings (SSSR count). The van der Waals surface area contributed by atoms with Gasteiger partial charge in [-0.2, -0.15) is 0 Å². The number of nitrogens with zero attached hydrogens (tertiary/aromatic N) is 1. The Balaban J connectivity index is 3.02. The SMILES string of the molecule is Cc1ccc([N+](=O)[O-])cc1NC(=O)C(Cl)(Cl)Cl. The summed E-state index contributed by atoms with van der Waals surface area (Å²) in [6, 6.07) is 4.01. The van der Waals surface area contributed by atoms with Crippen LogP contribution >= 0.6 is 34.8 Å². The molecular weight excluding hydrogens is 290 g/mol. The maximum atomic E-state index is 11.4. The quantitative estimate of drug-likeness (QED) is 0.517. The van der Waals surface area contributed by atoms with Crippen molar-refractivity contribution in [1.82, 2.24) is 0 Å². The third kappa shape index (κ3) is 3.73. The van der Waals surface area contributed by atoms with E-state index < -0.39 is 14.6 Å². The summed E-state index contributed by atoms with van der Waals surface area (Å²) in [6.45, 7) is 1.66. The predicted octanol–water partition coefficient (Wildman–Crippen LogP) is 3.21. The first-order chi connectivity index (χ1) is 7.71. The molecule has 0 aliphatic carbocycles. The van der Waals surface area contributed by atoms with Gasteiger partial charge in [0.25, 0.3) is 15.4 Å². The number of non-ortho nitro benzene ring substituents is 1. The summed E-state index contributed by atoms with van der Waals surface area (Å²) in [4.78, 5) is 21.4. The number of carbonyl (C=O) groups is 1. The van der Waals surface area contributed by atoms with Crippen molar-refractivity contribution >= 4 is 52.1 Å². The standard InChI is InChI=1S/C9H7Cl3N2O3/c1-5-2-3-6(14(16)17)4-7(5)13-8(15)9(10,11)12/h2-4H,1H3,(H,13,15). The number of benzene rings is 1. The Morgan fingerprint density at radius 2 is 2.00 bits per heavy atom. The van der Waals surface area contributed by atoms with E-state index in [0.717, 1.165) is 0 Å². The molecule has 0 heterocycles. The Bertz CT molecular complexity index is 471. The highest BCUT2D eigenvalue weighted by Gasteiger charge is 2.31. The molecule has 1 amide bonds. The van der Waals surface area contributed by atoms with Crippen LogP contribution in [0.3, 0.4) is 0 Å². The summed E-state index contributed by atoms with van der Waals surface area (Å²) in [5, 5.41) is 12.9. The van der Waals surface area contributed by atoms with Gasteiger partial charge in [-0.3, -0.25) is 14.9 Å². The zero-order valence-corrected chi connectivity index (χ0v) is 10.8. The van der Waals surface area contributed by atoms with Crippen LogP contribution in [0.5, 0.6) is 0 Å². The topological polar surface area (TPSA) is 72.2 Å². The van der Waals surface area contributed by atoms with E-state index in [1.807, 2.05) is 0 Å². The number of carbonyl (C=O) groups excluding carboxylic acids is 1. The largest absolute Gasteiger partial charge is 0.322 e. The summed E-state index contributed by atoms with van der Waals surface area (Å²) < 4.78 is -2.11. The normalized spacial score (nSPS) is 11.1. The first kappa shape index (κ1) is 14.0. The third-order valence-corrected chi connectivity index (χ3v) is 2.45. The monoisotopic (exact) mass is 296 g/mol. The Labute approximate surface area is 112 Å². The van der Waals surface area contributed by atoms with Crippen LogP contribution in [0.15, 0.2) is 18.2 Å². The molecule has 0 bridgehead atoms. The van der Waals surface area contributed by atoms with Crippen LogP contribution in [-0.4, -0.2) is 14.6 Å². The fourth-order valence-electron chi connectivity index (χ4n) is 1.05.